The predicted octanol–water partition coefficient (Wildman–Crippen LogP) is -3.45. The van der Waals surface area contributed by atoms with Crippen molar-refractivity contribution in [3.63, 3.8) is 0 Å². The molecular weight excluding hydrogens is 488 g/mol. The summed E-state index contributed by atoms with van der Waals surface area (Å²) < 4.78 is 98.7. The second-order valence-corrected chi connectivity index (χ2v) is 14.4. The summed E-state index contributed by atoms with van der Waals surface area (Å²) in [6, 6.07) is 0. The second kappa shape index (κ2) is 6.17. The maximum Gasteiger partial charge on any atom is 0.234 e. The number of ketones is 2. The van der Waals surface area contributed by atoms with Gasteiger partial charge in [0, 0.05) is 0 Å². The van der Waals surface area contributed by atoms with Crippen molar-refractivity contribution < 1.29 is 43.3 Å². The van der Waals surface area contributed by atoms with Crippen LogP contribution in [0, 0.1) is 0 Å². The first-order valence-electron chi connectivity index (χ1n) is 7.76. The van der Waals surface area contributed by atoms with E-state index < -0.39 is 87.8 Å². The number of carbonyl (C=O) groups is 2. The van der Waals surface area contributed by atoms with Gasteiger partial charge in [0.2, 0.25) is 51.7 Å². The van der Waals surface area contributed by atoms with E-state index in [0.29, 0.717) is 42.2 Å². The Morgan fingerprint density at radius 2 is 0.633 bits per heavy atom. The van der Waals surface area contributed by atoms with E-state index in [-0.39, 0.29) is 0 Å². The number of rotatable bonds is 4. The number of sulfonamides is 4. The predicted molar refractivity (Wildman–Crippen MR) is 101 cm³/mol. The summed E-state index contributed by atoms with van der Waals surface area (Å²) in [5, 5.41) is 0. The average Bonchev–Trinajstić information content (AvgIpc) is 3.10. The van der Waals surface area contributed by atoms with Gasteiger partial charge in [0.1, 0.15) is 36.1 Å². The summed E-state index contributed by atoms with van der Waals surface area (Å²) in [5.41, 5.74) is -3.46. The van der Waals surface area contributed by atoms with Gasteiger partial charge in [0.05, 0.1) is 25.0 Å². The molecule has 14 nitrogen and oxygen atoms in total. The highest BCUT2D eigenvalue weighted by Crippen LogP contribution is 2.42. The topological polar surface area (TPSA) is 184 Å². The lowest BCUT2D eigenvalue weighted by Crippen LogP contribution is -2.39. The standard InChI is InChI=1S/C12H16N4O10S4/c1-27(19,20)13-5-14(28(2,21)22)8-7(13)11(17)9-10(12(8)18)16(30(4,25)26)6-15(9)29(3,23)24/h5-6H2,1-4H3. The van der Waals surface area contributed by atoms with E-state index in [0.717, 1.165) is 0 Å². The quantitative estimate of drug-likeness (QED) is 0.349. The van der Waals surface area contributed by atoms with Crippen molar-refractivity contribution in [3.8, 4) is 0 Å². The van der Waals surface area contributed by atoms with Gasteiger partial charge in [-0.2, -0.15) is 0 Å². The van der Waals surface area contributed by atoms with Crippen LogP contribution in [-0.4, -0.2) is 101 Å². The summed E-state index contributed by atoms with van der Waals surface area (Å²) in [7, 11) is -17.1. The molecule has 0 aromatic rings. The Morgan fingerprint density at radius 3 is 0.767 bits per heavy atom. The Labute approximate surface area is 173 Å². The Kier molecular flexibility index (Phi) is 4.63. The summed E-state index contributed by atoms with van der Waals surface area (Å²) in [6.07, 6.45) is 2.65. The van der Waals surface area contributed by atoms with Crippen molar-refractivity contribution in [2.24, 2.45) is 0 Å². The minimum Gasteiger partial charge on any atom is -0.285 e. The van der Waals surface area contributed by atoms with Crippen LogP contribution < -0.4 is 0 Å². The molecule has 2 heterocycles. The van der Waals surface area contributed by atoms with Crippen molar-refractivity contribution in [2.45, 2.75) is 0 Å². The lowest BCUT2D eigenvalue weighted by atomic mass is 10.0. The van der Waals surface area contributed by atoms with Crippen LogP contribution in [0.1, 0.15) is 0 Å². The van der Waals surface area contributed by atoms with Crippen LogP contribution in [0.4, 0.5) is 0 Å². The summed E-state index contributed by atoms with van der Waals surface area (Å²) in [4.78, 5) is 26.3. The molecule has 0 fully saturated rings. The van der Waals surface area contributed by atoms with E-state index in [1.54, 1.807) is 0 Å². The van der Waals surface area contributed by atoms with Crippen LogP contribution in [0.25, 0.3) is 0 Å². The number of hydrogen-bond donors (Lipinski definition) is 0. The minimum atomic E-state index is -4.27. The van der Waals surface area contributed by atoms with E-state index in [1.807, 2.05) is 0 Å². The molecule has 168 valence electrons. The van der Waals surface area contributed by atoms with E-state index >= 15 is 0 Å². The fraction of sp³-hybridized carbons (Fsp3) is 0.500. The van der Waals surface area contributed by atoms with Crippen LogP contribution in [0.2, 0.25) is 0 Å². The molecule has 0 atom stereocenters. The zero-order chi connectivity index (χ0) is 23.2. The van der Waals surface area contributed by atoms with Crippen molar-refractivity contribution >= 4 is 51.7 Å². The molecule has 0 N–H and O–H groups in total. The van der Waals surface area contributed by atoms with Crippen molar-refractivity contribution in [1.82, 2.24) is 17.2 Å². The monoisotopic (exact) mass is 504 g/mol. The van der Waals surface area contributed by atoms with E-state index in [2.05, 4.69) is 0 Å². The molecular formula is C12H16N4O10S4. The highest BCUT2D eigenvalue weighted by atomic mass is 32.2. The van der Waals surface area contributed by atoms with E-state index in [1.165, 1.54) is 0 Å². The summed E-state index contributed by atoms with van der Waals surface area (Å²) >= 11 is 0. The Hall–Kier alpha value is -2.18. The smallest absolute Gasteiger partial charge is 0.234 e. The molecule has 0 saturated heterocycles. The molecule has 1 aliphatic carbocycles. The lowest BCUT2D eigenvalue weighted by molar-refractivity contribution is -0.117. The minimum absolute atomic E-state index is 0.358. The van der Waals surface area contributed by atoms with Crippen molar-refractivity contribution in [3.05, 3.63) is 22.8 Å². The van der Waals surface area contributed by atoms with Crippen molar-refractivity contribution in [2.75, 3.05) is 38.4 Å². The van der Waals surface area contributed by atoms with Crippen LogP contribution in [-0.2, 0) is 49.7 Å². The fourth-order valence-corrected chi connectivity index (χ4v) is 6.63. The van der Waals surface area contributed by atoms with Gasteiger partial charge in [-0.15, -0.1) is 0 Å². The number of carbonyl (C=O) groups excluding carboxylic acids is 2. The van der Waals surface area contributed by atoms with Gasteiger partial charge < -0.3 is 0 Å². The molecule has 0 amide bonds. The molecule has 0 aromatic carbocycles. The number of nitrogens with zero attached hydrogens (tertiary/aromatic N) is 4. The third kappa shape index (κ3) is 3.26. The Balaban J connectivity index is 2.38. The zero-order valence-corrected chi connectivity index (χ0v) is 19.2. The number of hydrogen-bond acceptors (Lipinski definition) is 10. The molecule has 18 heteroatoms. The van der Waals surface area contributed by atoms with Crippen LogP contribution in [0.15, 0.2) is 22.8 Å². The highest BCUT2D eigenvalue weighted by Gasteiger charge is 2.56. The molecule has 30 heavy (non-hydrogen) atoms. The van der Waals surface area contributed by atoms with Gasteiger partial charge in [-0.25, -0.2) is 50.9 Å². The molecule has 0 saturated carbocycles. The van der Waals surface area contributed by atoms with Gasteiger partial charge >= 0.3 is 0 Å². The second-order valence-electron chi connectivity index (χ2n) is 6.78. The molecule has 0 spiro atoms. The van der Waals surface area contributed by atoms with Crippen LogP contribution in [0.5, 0.6) is 0 Å². The molecule has 0 bridgehead atoms. The first-order chi connectivity index (χ1) is 13.3. The van der Waals surface area contributed by atoms with Crippen LogP contribution in [0.3, 0.4) is 0 Å². The molecule has 0 radical (unpaired) electrons. The van der Waals surface area contributed by atoms with Gasteiger partial charge in [-0.1, -0.05) is 0 Å². The molecule has 3 aliphatic rings. The largest absolute Gasteiger partial charge is 0.285 e. The molecule has 0 aromatic heterocycles. The van der Waals surface area contributed by atoms with Gasteiger partial charge in [0.15, 0.2) is 0 Å². The zero-order valence-electron chi connectivity index (χ0n) is 15.9. The Morgan fingerprint density at radius 1 is 0.467 bits per heavy atom. The first kappa shape index (κ1) is 22.5. The third-order valence-electron chi connectivity index (χ3n) is 4.42. The van der Waals surface area contributed by atoms with Crippen LogP contribution >= 0.6 is 0 Å². The van der Waals surface area contributed by atoms with E-state index in [4.69, 9.17) is 0 Å². The normalized spacial score (nSPS) is 21.1. The lowest BCUT2D eigenvalue weighted by Gasteiger charge is -2.23. The van der Waals surface area contributed by atoms with Gasteiger partial charge in [-0.05, 0) is 0 Å². The van der Waals surface area contributed by atoms with Crippen molar-refractivity contribution in [1.29, 1.82) is 0 Å². The number of Topliss-reactive ketones (excluding diaryl/α,β-unsaturated/α-hetero) is 2. The molecule has 2 aliphatic heterocycles. The maximum atomic E-state index is 13.2. The fourth-order valence-electron chi connectivity index (χ4n) is 3.18. The molecule has 0 unspecified atom stereocenters. The summed E-state index contributed by atoms with van der Waals surface area (Å²) in [6.45, 7) is -1.86. The molecule has 3 rings (SSSR count). The van der Waals surface area contributed by atoms with Gasteiger partial charge in [-0.3, -0.25) is 9.59 Å². The van der Waals surface area contributed by atoms with Gasteiger partial charge in [0.25, 0.3) is 0 Å². The highest BCUT2D eigenvalue weighted by molar-refractivity contribution is 7.90. The summed E-state index contributed by atoms with van der Waals surface area (Å²) in [5.74, 6) is -2.62. The Bertz CT molecular complexity index is 1180. The average molecular weight is 505 g/mol. The first-order valence-corrected chi connectivity index (χ1v) is 15.2. The SMILES string of the molecule is CS(=O)(=O)N1CN(S(C)(=O)=O)C2=C1C(=O)C1=C(C2=O)N(S(C)(=O)=O)CN1S(C)(=O)=O. The third-order valence-corrected chi connectivity index (χ3v) is 8.82. The van der Waals surface area contributed by atoms with E-state index in [9.17, 15) is 43.3 Å². The maximum absolute atomic E-state index is 13.2.